The number of aryl methyl sites for hydroxylation is 1. The van der Waals surface area contributed by atoms with E-state index < -0.39 is 5.97 Å². The topological polar surface area (TPSA) is 53.4 Å². The number of likely N-dealkylation sites (N-methyl/N-ethyl adjacent to an activating group) is 1. The molecule has 4 nitrogen and oxygen atoms in total. The van der Waals surface area contributed by atoms with Gasteiger partial charge in [0, 0.05) is 24.4 Å². The Morgan fingerprint density at radius 3 is 2.68 bits per heavy atom. The van der Waals surface area contributed by atoms with Gasteiger partial charge in [-0.2, -0.15) is 0 Å². The molecule has 0 radical (unpaired) electrons. The highest BCUT2D eigenvalue weighted by Crippen LogP contribution is 2.06. The van der Waals surface area contributed by atoms with Gasteiger partial charge in [-0.05, 0) is 32.0 Å². The Morgan fingerprint density at radius 2 is 2.16 bits per heavy atom. The number of nitrogens with zero attached hydrogens (tertiary/aromatic N) is 2. The van der Waals surface area contributed by atoms with Gasteiger partial charge in [-0.25, -0.2) is 4.79 Å². The second kappa shape index (κ2) is 7.69. The summed E-state index contributed by atoms with van der Waals surface area (Å²) in [6, 6.07) is 5.96. The van der Waals surface area contributed by atoms with Gasteiger partial charge in [-0.3, -0.25) is 9.88 Å². The Morgan fingerprint density at radius 1 is 1.42 bits per heavy atom. The molecule has 0 spiro atoms. The van der Waals surface area contributed by atoms with E-state index in [-0.39, 0.29) is 0 Å². The van der Waals surface area contributed by atoms with Crippen LogP contribution >= 0.6 is 0 Å². The first kappa shape index (κ1) is 15.4. The Balaban J connectivity index is 2.66. The third-order valence-corrected chi connectivity index (χ3v) is 3.03. The molecule has 104 valence electrons. The van der Waals surface area contributed by atoms with Crippen molar-refractivity contribution in [2.45, 2.75) is 33.7 Å². The molecule has 0 amide bonds. The van der Waals surface area contributed by atoms with Crippen molar-refractivity contribution in [2.75, 3.05) is 13.1 Å². The molecule has 0 aliphatic rings. The number of pyridine rings is 1. The molecule has 4 heteroatoms. The normalized spacial score (nSPS) is 11.9. The van der Waals surface area contributed by atoms with Crippen LogP contribution in [-0.2, 0) is 11.3 Å². The van der Waals surface area contributed by atoms with Gasteiger partial charge in [-0.1, -0.05) is 26.0 Å². The summed E-state index contributed by atoms with van der Waals surface area (Å²) in [5.41, 5.74) is 2.49. The Bertz CT molecular complexity index is 455. The average molecular weight is 262 g/mol. The van der Waals surface area contributed by atoms with Gasteiger partial charge in [0.2, 0.25) is 0 Å². The molecule has 0 aliphatic carbocycles. The molecule has 0 saturated heterocycles. The molecule has 19 heavy (non-hydrogen) atoms. The van der Waals surface area contributed by atoms with E-state index in [1.165, 1.54) is 0 Å². The fourth-order valence-corrected chi connectivity index (χ4v) is 1.84. The highest BCUT2D eigenvalue weighted by atomic mass is 16.4. The van der Waals surface area contributed by atoms with Crippen LogP contribution in [0.5, 0.6) is 0 Å². The molecule has 1 N–H and O–H groups in total. The maximum atomic E-state index is 10.9. The van der Waals surface area contributed by atoms with Crippen LogP contribution in [0.4, 0.5) is 0 Å². The van der Waals surface area contributed by atoms with Crippen molar-refractivity contribution >= 4 is 5.97 Å². The van der Waals surface area contributed by atoms with Crippen molar-refractivity contribution in [1.82, 2.24) is 9.88 Å². The van der Waals surface area contributed by atoms with E-state index in [0.29, 0.717) is 18.5 Å². The van der Waals surface area contributed by atoms with E-state index in [9.17, 15) is 4.79 Å². The lowest BCUT2D eigenvalue weighted by Crippen LogP contribution is -2.24. The van der Waals surface area contributed by atoms with E-state index in [2.05, 4.69) is 16.8 Å². The molecule has 0 unspecified atom stereocenters. The molecular formula is C15H22N2O2. The number of hydrogen-bond donors (Lipinski definition) is 1. The largest absolute Gasteiger partial charge is 0.478 e. The smallest absolute Gasteiger partial charge is 0.331 e. The van der Waals surface area contributed by atoms with Gasteiger partial charge >= 0.3 is 5.97 Å². The monoisotopic (exact) mass is 262 g/mol. The van der Waals surface area contributed by atoms with Crippen molar-refractivity contribution in [2.24, 2.45) is 0 Å². The first-order valence-electron chi connectivity index (χ1n) is 6.64. The van der Waals surface area contributed by atoms with Crippen LogP contribution in [0.2, 0.25) is 0 Å². The van der Waals surface area contributed by atoms with Crippen LogP contribution < -0.4 is 0 Å². The Kier molecular flexibility index (Phi) is 6.22. The third-order valence-electron chi connectivity index (χ3n) is 3.03. The fraction of sp³-hybridized carbons (Fsp3) is 0.467. The highest BCUT2D eigenvalue weighted by Gasteiger charge is 2.07. The minimum Gasteiger partial charge on any atom is -0.478 e. The predicted octanol–water partition coefficient (Wildman–Crippen LogP) is 2.63. The number of carboxylic acids is 1. The third kappa shape index (κ3) is 5.22. The number of carboxylic acid groups (broad SMARTS) is 1. The number of aromatic nitrogens is 1. The van der Waals surface area contributed by atoms with Gasteiger partial charge in [0.1, 0.15) is 0 Å². The lowest BCUT2D eigenvalue weighted by Gasteiger charge is -2.18. The highest BCUT2D eigenvalue weighted by molar-refractivity contribution is 5.86. The molecule has 1 heterocycles. The standard InChI is InChI=1S/C15H22N2O2/c1-4-13(15(18)19)9-10-17(5-2)11-14-8-6-7-12(3)16-14/h6-9H,4-5,10-11H2,1-3H3,(H,18,19). The molecule has 0 fully saturated rings. The number of hydrogen-bond acceptors (Lipinski definition) is 3. The van der Waals surface area contributed by atoms with Crippen LogP contribution in [0, 0.1) is 6.92 Å². The van der Waals surface area contributed by atoms with Crippen molar-refractivity contribution in [3.05, 3.63) is 41.2 Å². The summed E-state index contributed by atoms with van der Waals surface area (Å²) in [6.45, 7) is 8.14. The fourth-order valence-electron chi connectivity index (χ4n) is 1.84. The van der Waals surface area contributed by atoms with Crippen LogP contribution in [0.15, 0.2) is 29.8 Å². The van der Waals surface area contributed by atoms with Gasteiger partial charge in [0.25, 0.3) is 0 Å². The Labute approximate surface area is 114 Å². The molecule has 1 aromatic heterocycles. The van der Waals surface area contributed by atoms with Crippen molar-refractivity contribution in [3.8, 4) is 0 Å². The first-order valence-corrected chi connectivity index (χ1v) is 6.64. The first-order chi connectivity index (χ1) is 9.06. The molecule has 1 rings (SSSR count). The zero-order valence-corrected chi connectivity index (χ0v) is 11.9. The lowest BCUT2D eigenvalue weighted by atomic mass is 10.2. The molecule has 1 aromatic rings. The van der Waals surface area contributed by atoms with Crippen LogP contribution in [0.3, 0.4) is 0 Å². The summed E-state index contributed by atoms with van der Waals surface area (Å²) < 4.78 is 0. The number of aliphatic carboxylic acids is 1. The Hall–Kier alpha value is -1.68. The number of rotatable bonds is 7. The quantitative estimate of drug-likeness (QED) is 0.767. The van der Waals surface area contributed by atoms with Gasteiger partial charge < -0.3 is 5.11 Å². The molecule has 0 aromatic carbocycles. The second-order valence-electron chi connectivity index (χ2n) is 4.49. The maximum absolute atomic E-state index is 10.9. The summed E-state index contributed by atoms with van der Waals surface area (Å²) >= 11 is 0. The summed E-state index contributed by atoms with van der Waals surface area (Å²) in [7, 11) is 0. The van der Waals surface area contributed by atoms with Crippen LogP contribution in [0.25, 0.3) is 0 Å². The molecule has 0 bridgehead atoms. The second-order valence-corrected chi connectivity index (χ2v) is 4.49. The van der Waals surface area contributed by atoms with E-state index in [0.717, 1.165) is 24.5 Å². The minimum atomic E-state index is -0.827. The van der Waals surface area contributed by atoms with Crippen molar-refractivity contribution < 1.29 is 9.90 Å². The van der Waals surface area contributed by atoms with Gasteiger partial charge in [0.05, 0.1) is 5.69 Å². The summed E-state index contributed by atoms with van der Waals surface area (Å²) in [4.78, 5) is 17.6. The van der Waals surface area contributed by atoms with E-state index in [4.69, 9.17) is 5.11 Å². The SMILES string of the molecule is CCC(=CCN(CC)Cc1cccc(C)n1)C(=O)O. The minimum absolute atomic E-state index is 0.468. The molecule has 0 atom stereocenters. The number of carbonyl (C=O) groups is 1. The van der Waals surface area contributed by atoms with E-state index in [1.807, 2.05) is 32.0 Å². The van der Waals surface area contributed by atoms with Crippen molar-refractivity contribution in [1.29, 1.82) is 0 Å². The summed E-state index contributed by atoms with van der Waals surface area (Å²) in [5, 5.41) is 8.99. The van der Waals surface area contributed by atoms with Crippen LogP contribution in [0.1, 0.15) is 31.7 Å². The molecule has 0 aliphatic heterocycles. The molecular weight excluding hydrogens is 240 g/mol. The van der Waals surface area contributed by atoms with Gasteiger partial charge in [-0.15, -0.1) is 0 Å². The van der Waals surface area contributed by atoms with Crippen LogP contribution in [-0.4, -0.2) is 34.0 Å². The summed E-state index contributed by atoms with van der Waals surface area (Å²) in [5.74, 6) is -0.827. The molecule has 0 saturated carbocycles. The summed E-state index contributed by atoms with van der Waals surface area (Å²) in [6.07, 6.45) is 2.34. The zero-order valence-electron chi connectivity index (χ0n) is 11.9. The van der Waals surface area contributed by atoms with Crippen molar-refractivity contribution in [3.63, 3.8) is 0 Å². The van der Waals surface area contributed by atoms with E-state index >= 15 is 0 Å². The lowest BCUT2D eigenvalue weighted by molar-refractivity contribution is -0.132. The van der Waals surface area contributed by atoms with E-state index in [1.54, 1.807) is 6.08 Å². The average Bonchev–Trinajstić information content (AvgIpc) is 2.37. The van der Waals surface area contributed by atoms with Gasteiger partial charge in [0.15, 0.2) is 0 Å². The predicted molar refractivity (Wildman–Crippen MR) is 75.9 cm³/mol. The maximum Gasteiger partial charge on any atom is 0.331 e. The zero-order chi connectivity index (χ0) is 14.3.